The molecule has 1 amide bonds. The van der Waals surface area contributed by atoms with Crippen molar-refractivity contribution in [1.82, 2.24) is 10.2 Å². The fourth-order valence-electron chi connectivity index (χ4n) is 2.86. The number of hydrogen-bond acceptors (Lipinski definition) is 3. The molecule has 2 rings (SSSR count). The van der Waals surface area contributed by atoms with Crippen LogP contribution < -0.4 is 11.1 Å². The van der Waals surface area contributed by atoms with Gasteiger partial charge in [-0.2, -0.15) is 0 Å². The van der Waals surface area contributed by atoms with Crippen LogP contribution in [0, 0.1) is 5.92 Å². The smallest absolute Gasteiger partial charge is 0.225 e. The number of nitrogens with zero attached hydrogens (tertiary/aromatic N) is 1. The van der Waals surface area contributed by atoms with Crippen LogP contribution in [0.4, 0.5) is 0 Å². The van der Waals surface area contributed by atoms with E-state index in [4.69, 9.17) is 5.73 Å². The molecule has 0 bridgehead atoms. The van der Waals surface area contributed by atoms with E-state index >= 15 is 0 Å². The minimum absolute atomic E-state index is 0.109. The summed E-state index contributed by atoms with van der Waals surface area (Å²) in [5, 5.41) is 3.52. The first-order valence-corrected chi connectivity index (χ1v) is 7.32. The van der Waals surface area contributed by atoms with Crippen molar-refractivity contribution in [3.05, 3.63) is 35.9 Å². The zero-order valence-electron chi connectivity index (χ0n) is 12.4. The van der Waals surface area contributed by atoms with E-state index in [1.807, 2.05) is 32.3 Å². The Balaban J connectivity index is 1.90. The Morgan fingerprint density at radius 3 is 2.65 bits per heavy atom. The maximum atomic E-state index is 12.1. The Kier molecular flexibility index (Phi) is 5.15. The van der Waals surface area contributed by atoms with Crippen molar-refractivity contribution in [2.45, 2.75) is 37.9 Å². The molecule has 4 nitrogen and oxygen atoms in total. The van der Waals surface area contributed by atoms with E-state index in [0.717, 1.165) is 25.8 Å². The molecule has 0 aromatic heterocycles. The average molecular weight is 275 g/mol. The van der Waals surface area contributed by atoms with Crippen LogP contribution in [-0.2, 0) is 11.3 Å². The van der Waals surface area contributed by atoms with E-state index in [0.29, 0.717) is 0 Å². The lowest BCUT2D eigenvalue weighted by Crippen LogP contribution is -2.50. The van der Waals surface area contributed by atoms with Gasteiger partial charge in [0.2, 0.25) is 5.91 Å². The van der Waals surface area contributed by atoms with Crippen LogP contribution >= 0.6 is 0 Å². The number of carbonyl (C=O) groups excluding carboxylic acids is 1. The van der Waals surface area contributed by atoms with Gasteiger partial charge >= 0.3 is 0 Å². The number of hydrogen-bond donors (Lipinski definition) is 2. The highest BCUT2D eigenvalue weighted by atomic mass is 16.2. The molecule has 1 aromatic carbocycles. The molecule has 0 aliphatic heterocycles. The van der Waals surface area contributed by atoms with Gasteiger partial charge < -0.3 is 16.0 Å². The van der Waals surface area contributed by atoms with E-state index < -0.39 is 0 Å². The Bertz CT molecular complexity index is 433. The summed E-state index contributed by atoms with van der Waals surface area (Å²) in [4.78, 5) is 13.8. The number of carbonyl (C=O) groups is 1. The van der Waals surface area contributed by atoms with E-state index in [2.05, 4.69) is 17.4 Å². The highest BCUT2D eigenvalue weighted by Gasteiger charge is 2.32. The Morgan fingerprint density at radius 1 is 1.30 bits per heavy atom. The van der Waals surface area contributed by atoms with Crippen LogP contribution in [0.25, 0.3) is 0 Å². The first kappa shape index (κ1) is 15.0. The maximum Gasteiger partial charge on any atom is 0.225 e. The third kappa shape index (κ3) is 3.81. The van der Waals surface area contributed by atoms with Crippen molar-refractivity contribution in [3.8, 4) is 0 Å². The zero-order valence-corrected chi connectivity index (χ0v) is 12.4. The number of amides is 1. The highest BCUT2D eigenvalue weighted by molar-refractivity contribution is 5.78. The van der Waals surface area contributed by atoms with Crippen molar-refractivity contribution in [3.63, 3.8) is 0 Å². The fourth-order valence-corrected chi connectivity index (χ4v) is 2.86. The van der Waals surface area contributed by atoms with E-state index in [1.54, 1.807) is 4.90 Å². The Labute approximate surface area is 121 Å². The van der Waals surface area contributed by atoms with Crippen molar-refractivity contribution in [1.29, 1.82) is 0 Å². The summed E-state index contributed by atoms with van der Waals surface area (Å²) in [6.45, 7) is 0.808. The number of rotatable bonds is 4. The molecular weight excluding hydrogens is 250 g/mol. The van der Waals surface area contributed by atoms with Crippen molar-refractivity contribution in [2.75, 3.05) is 14.1 Å². The van der Waals surface area contributed by atoms with Crippen molar-refractivity contribution >= 4 is 5.91 Å². The third-order valence-electron chi connectivity index (χ3n) is 4.10. The first-order chi connectivity index (χ1) is 9.58. The SMILES string of the molecule is CN(C)C(=O)[C@H]1CC[C@H](N)[C@H](NCc2ccccc2)C1. The van der Waals surface area contributed by atoms with Crippen LogP contribution in [-0.4, -0.2) is 37.0 Å². The molecule has 110 valence electrons. The normalized spacial score (nSPS) is 26.2. The highest BCUT2D eigenvalue weighted by Crippen LogP contribution is 2.25. The second kappa shape index (κ2) is 6.86. The monoisotopic (exact) mass is 275 g/mol. The first-order valence-electron chi connectivity index (χ1n) is 7.32. The molecule has 0 radical (unpaired) electrons. The van der Waals surface area contributed by atoms with Gasteiger partial charge in [0.1, 0.15) is 0 Å². The molecule has 1 aromatic rings. The van der Waals surface area contributed by atoms with E-state index in [1.165, 1.54) is 5.56 Å². The summed E-state index contributed by atoms with van der Waals surface area (Å²) in [5.41, 5.74) is 7.44. The van der Waals surface area contributed by atoms with Crippen LogP contribution in [0.2, 0.25) is 0 Å². The van der Waals surface area contributed by atoms with Crippen molar-refractivity contribution in [2.24, 2.45) is 11.7 Å². The zero-order chi connectivity index (χ0) is 14.5. The molecule has 0 heterocycles. The predicted octanol–water partition coefficient (Wildman–Crippen LogP) is 1.36. The molecular formula is C16H25N3O. The van der Waals surface area contributed by atoms with Crippen LogP contribution in [0.5, 0.6) is 0 Å². The van der Waals surface area contributed by atoms with Gasteiger partial charge in [0.25, 0.3) is 0 Å². The topological polar surface area (TPSA) is 58.4 Å². The van der Waals surface area contributed by atoms with Crippen molar-refractivity contribution < 1.29 is 4.79 Å². The summed E-state index contributed by atoms with van der Waals surface area (Å²) in [6, 6.07) is 10.7. The maximum absolute atomic E-state index is 12.1. The molecule has 0 unspecified atom stereocenters. The average Bonchev–Trinajstić information content (AvgIpc) is 2.46. The van der Waals surface area contributed by atoms with Gasteiger partial charge in [-0.3, -0.25) is 4.79 Å². The molecule has 0 saturated heterocycles. The van der Waals surface area contributed by atoms with Gasteiger partial charge in [-0.25, -0.2) is 0 Å². The van der Waals surface area contributed by atoms with Crippen LogP contribution in [0.3, 0.4) is 0 Å². The minimum atomic E-state index is 0.109. The quantitative estimate of drug-likeness (QED) is 0.872. The summed E-state index contributed by atoms with van der Waals surface area (Å²) in [5.74, 6) is 0.335. The van der Waals surface area contributed by atoms with E-state index in [-0.39, 0.29) is 23.9 Å². The van der Waals surface area contributed by atoms with Gasteiger partial charge in [0.15, 0.2) is 0 Å². The van der Waals surface area contributed by atoms with Gasteiger partial charge in [-0.1, -0.05) is 30.3 Å². The second-order valence-electron chi connectivity index (χ2n) is 5.88. The van der Waals surface area contributed by atoms with Gasteiger partial charge in [-0.15, -0.1) is 0 Å². The largest absolute Gasteiger partial charge is 0.349 e. The Morgan fingerprint density at radius 2 is 2.00 bits per heavy atom. The van der Waals surface area contributed by atoms with Gasteiger partial charge in [0.05, 0.1) is 0 Å². The van der Waals surface area contributed by atoms with Crippen LogP contribution in [0.15, 0.2) is 30.3 Å². The Hall–Kier alpha value is -1.39. The molecule has 20 heavy (non-hydrogen) atoms. The third-order valence-corrected chi connectivity index (χ3v) is 4.10. The number of benzene rings is 1. The summed E-state index contributed by atoms with van der Waals surface area (Å²) >= 11 is 0. The fraction of sp³-hybridized carbons (Fsp3) is 0.562. The molecule has 4 heteroatoms. The molecule has 0 spiro atoms. The molecule has 1 aliphatic rings. The molecule has 3 N–H and O–H groups in total. The lowest BCUT2D eigenvalue weighted by Gasteiger charge is -2.35. The number of nitrogens with one attached hydrogen (secondary N) is 1. The molecule has 1 aliphatic carbocycles. The predicted molar refractivity (Wildman–Crippen MR) is 81.1 cm³/mol. The lowest BCUT2D eigenvalue weighted by atomic mass is 9.82. The van der Waals surface area contributed by atoms with Gasteiger partial charge in [0, 0.05) is 38.6 Å². The summed E-state index contributed by atoms with van der Waals surface area (Å²) < 4.78 is 0. The van der Waals surface area contributed by atoms with E-state index in [9.17, 15) is 4.79 Å². The molecule has 1 fully saturated rings. The molecule has 3 atom stereocenters. The van der Waals surface area contributed by atoms with Crippen LogP contribution in [0.1, 0.15) is 24.8 Å². The minimum Gasteiger partial charge on any atom is -0.349 e. The molecule has 1 saturated carbocycles. The summed E-state index contributed by atoms with van der Waals surface area (Å²) in [6.07, 6.45) is 2.66. The second-order valence-corrected chi connectivity index (χ2v) is 5.88. The van der Waals surface area contributed by atoms with Gasteiger partial charge in [-0.05, 0) is 24.8 Å². The summed E-state index contributed by atoms with van der Waals surface area (Å²) in [7, 11) is 3.65. The lowest BCUT2D eigenvalue weighted by molar-refractivity contribution is -0.134. The standard InChI is InChI=1S/C16H25N3O/c1-19(2)16(20)13-8-9-14(17)15(10-13)18-11-12-6-4-3-5-7-12/h3-7,13-15,18H,8-11,17H2,1-2H3/t13-,14-,15+/m0/s1. The number of nitrogens with two attached hydrogens (primary N) is 1.